The summed E-state index contributed by atoms with van der Waals surface area (Å²) in [7, 11) is 0. The number of carbonyl (C=O) groups is 1. The van der Waals surface area contributed by atoms with Gasteiger partial charge in [0, 0.05) is 51.7 Å². The Hall–Kier alpha value is -3.62. The maximum absolute atomic E-state index is 12.4. The molecule has 0 unspecified atom stereocenters. The summed E-state index contributed by atoms with van der Waals surface area (Å²) in [5, 5.41) is 2.95. The van der Waals surface area contributed by atoms with Crippen molar-refractivity contribution in [3.8, 4) is 17.2 Å². The molecule has 3 aromatic rings. The SMILES string of the molecule is C[C@@H](CNC(=O)Cc1ccc2c(c1)OCO2)Oc1ccc(CN2CCN(Cc3cccnc3)CC2)cc1. The Kier molecular flexibility index (Phi) is 8.18. The van der Waals surface area contributed by atoms with Crippen LogP contribution in [-0.4, -0.2) is 66.3 Å². The minimum atomic E-state index is -0.139. The molecule has 3 heterocycles. The lowest BCUT2D eigenvalue weighted by molar-refractivity contribution is -0.120. The molecule has 5 rings (SSSR count). The van der Waals surface area contributed by atoms with E-state index in [1.54, 1.807) is 0 Å². The van der Waals surface area contributed by atoms with Gasteiger partial charge in [-0.3, -0.25) is 19.6 Å². The van der Waals surface area contributed by atoms with Crippen molar-refractivity contribution in [3.05, 3.63) is 83.7 Å². The molecule has 1 atom stereocenters. The molecular formula is C29H34N4O4. The Morgan fingerprint density at radius 2 is 1.65 bits per heavy atom. The van der Waals surface area contributed by atoms with Crippen LogP contribution in [0.3, 0.4) is 0 Å². The van der Waals surface area contributed by atoms with Gasteiger partial charge in [0.1, 0.15) is 11.9 Å². The average Bonchev–Trinajstić information content (AvgIpc) is 3.38. The van der Waals surface area contributed by atoms with Gasteiger partial charge < -0.3 is 19.5 Å². The van der Waals surface area contributed by atoms with E-state index in [4.69, 9.17) is 14.2 Å². The number of piperazine rings is 1. The second kappa shape index (κ2) is 12.1. The molecule has 0 bridgehead atoms. The van der Waals surface area contributed by atoms with E-state index in [0.717, 1.165) is 56.3 Å². The zero-order valence-corrected chi connectivity index (χ0v) is 21.3. The van der Waals surface area contributed by atoms with Gasteiger partial charge in [-0.25, -0.2) is 0 Å². The first kappa shape index (κ1) is 25.0. The number of hydrogen-bond donors (Lipinski definition) is 1. The fourth-order valence-corrected chi connectivity index (χ4v) is 4.62. The van der Waals surface area contributed by atoms with Crippen LogP contribution in [0, 0.1) is 0 Å². The normalized spacial score (nSPS) is 16.4. The predicted octanol–water partition coefficient (Wildman–Crippen LogP) is 3.25. The van der Waals surface area contributed by atoms with Gasteiger partial charge in [-0.05, 0) is 53.9 Å². The highest BCUT2D eigenvalue weighted by molar-refractivity contribution is 5.78. The van der Waals surface area contributed by atoms with Gasteiger partial charge >= 0.3 is 0 Å². The van der Waals surface area contributed by atoms with Crippen LogP contribution in [0.1, 0.15) is 23.6 Å². The van der Waals surface area contributed by atoms with E-state index in [1.165, 1.54) is 11.1 Å². The van der Waals surface area contributed by atoms with Crippen LogP contribution >= 0.6 is 0 Å². The van der Waals surface area contributed by atoms with Crippen molar-refractivity contribution in [1.29, 1.82) is 0 Å². The highest BCUT2D eigenvalue weighted by Gasteiger charge is 2.18. The predicted molar refractivity (Wildman–Crippen MR) is 141 cm³/mol. The second-order valence-corrected chi connectivity index (χ2v) is 9.65. The van der Waals surface area contributed by atoms with Crippen molar-refractivity contribution in [3.63, 3.8) is 0 Å². The quantitative estimate of drug-likeness (QED) is 0.456. The Labute approximate surface area is 218 Å². The van der Waals surface area contributed by atoms with Crippen LogP contribution in [-0.2, 0) is 24.3 Å². The van der Waals surface area contributed by atoms with E-state index < -0.39 is 0 Å². The molecule has 2 aliphatic rings. The average molecular weight is 503 g/mol. The minimum Gasteiger partial charge on any atom is -0.489 e. The lowest BCUT2D eigenvalue weighted by atomic mass is 10.1. The number of ether oxygens (including phenoxy) is 3. The number of amides is 1. The molecule has 0 spiro atoms. The summed E-state index contributed by atoms with van der Waals surface area (Å²) in [5.74, 6) is 2.16. The van der Waals surface area contributed by atoms with E-state index in [2.05, 4.69) is 38.3 Å². The molecule has 1 aromatic heterocycles. The molecule has 8 heteroatoms. The van der Waals surface area contributed by atoms with E-state index >= 15 is 0 Å². The molecular weight excluding hydrogens is 468 g/mol. The third-order valence-electron chi connectivity index (χ3n) is 6.65. The first-order valence-corrected chi connectivity index (χ1v) is 12.9. The molecule has 1 N–H and O–H groups in total. The van der Waals surface area contributed by atoms with Crippen molar-refractivity contribution < 1.29 is 19.0 Å². The summed E-state index contributed by atoms with van der Waals surface area (Å²) in [5.41, 5.74) is 3.43. The number of nitrogens with one attached hydrogen (secondary N) is 1. The van der Waals surface area contributed by atoms with E-state index in [0.29, 0.717) is 12.3 Å². The van der Waals surface area contributed by atoms with E-state index in [1.807, 2.05) is 55.7 Å². The molecule has 194 valence electrons. The largest absolute Gasteiger partial charge is 0.489 e. The highest BCUT2D eigenvalue weighted by Crippen LogP contribution is 2.32. The summed E-state index contributed by atoms with van der Waals surface area (Å²) in [6, 6.07) is 18.0. The number of aromatic nitrogens is 1. The molecule has 8 nitrogen and oxygen atoms in total. The van der Waals surface area contributed by atoms with Gasteiger partial charge in [-0.1, -0.05) is 24.3 Å². The molecule has 0 saturated carbocycles. The molecule has 1 amide bonds. The minimum absolute atomic E-state index is 0.0507. The lowest BCUT2D eigenvalue weighted by Gasteiger charge is -2.34. The summed E-state index contributed by atoms with van der Waals surface area (Å²) in [6.45, 7) is 8.77. The van der Waals surface area contributed by atoms with Crippen molar-refractivity contribution in [2.75, 3.05) is 39.5 Å². The number of nitrogens with zero attached hydrogens (tertiary/aromatic N) is 3. The molecule has 1 fully saturated rings. The first-order valence-electron chi connectivity index (χ1n) is 12.9. The number of pyridine rings is 1. The lowest BCUT2D eigenvalue weighted by Crippen LogP contribution is -2.45. The van der Waals surface area contributed by atoms with Gasteiger partial charge in [0.25, 0.3) is 0 Å². The van der Waals surface area contributed by atoms with Crippen molar-refractivity contribution >= 4 is 5.91 Å². The second-order valence-electron chi connectivity index (χ2n) is 9.65. The molecule has 37 heavy (non-hydrogen) atoms. The highest BCUT2D eigenvalue weighted by atomic mass is 16.7. The van der Waals surface area contributed by atoms with Crippen LogP contribution in [0.4, 0.5) is 0 Å². The topological polar surface area (TPSA) is 76.2 Å². The summed E-state index contributed by atoms with van der Waals surface area (Å²) >= 11 is 0. The van der Waals surface area contributed by atoms with Crippen molar-refractivity contribution in [1.82, 2.24) is 20.1 Å². The van der Waals surface area contributed by atoms with Crippen LogP contribution < -0.4 is 19.5 Å². The molecule has 1 saturated heterocycles. The summed E-state index contributed by atoms with van der Waals surface area (Å²) in [6.07, 6.45) is 3.92. The Morgan fingerprint density at radius 3 is 2.38 bits per heavy atom. The molecule has 2 aliphatic heterocycles. The van der Waals surface area contributed by atoms with E-state index in [-0.39, 0.29) is 25.2 Å². The monoisotopic (exact) mass is 502 g/mol. The van der Waals surface area contributed by atoms with E-state index in [9.17, 15) is 4.79 Å². The number of carbonyl (C=O) groups excluding carboxylic acids is 1. The maximum atomic E-state index is 12.4. The van der Waals surface area contributed by atoms with Crippen LogP contribution in [0.25, 0.3) is 0 Å². The molecule has 0 aliphatic carbocycles. The zero-order valence-electron chi connectivity index (χ0n) is 21.3. The number of fused-ring (bicyclic) bond motifs is 1. The first-order chi connectivity index (χ1) is 18.1. The zero-order chi connectivity index (χ0) is 25.5. The fraction of sp³-hybridized carbons (Fsp3) is 0.379. The summed E-state index contributed by atoms with van der Waals surface area (Å²) < 4.78 is 16.7. The van der Waals surface area contributed by atoms with Crippen LogP contribution in [0.15, 0.2) is 67.0 Å². The standard InChI is InChI=1S/C29H34N4O4/c1-22(17-31-29(34)16-24-6-9-27-28(15-24)36-21-35-27)37-26-7-4-23(5-8-26)19-32-11-13-33(14-12-32)20-25-3-2-10-30-18-25/h2-10,15,18,22H,11-14,16-17,19-21H2,1H3,(H,31,34)/t22-/m0/s1. The third kappa shape index (κ3) is 7.21. The Balaban J connectivity index is 1.01. The van der Waals surface area contributed by atoms with Gasteiger partial charge in [0.2, 0.25) is 12.7 Å². The third-order valence-corrected chi connectivity index (χ3v) is 6.65. The molecule has 0 radical (unpaired) electrons. The smallest absolute Gasteiger partial charge is 0.231 e. The van der Waals surface area contributed by atoms with Gasteiger partial charge in [0.15, 0.2) is 11.5 Å². The number of hydrogen-bond acceptors (Lipinski definition) is 7. The van der Waals surface area contributed by atoms with Gasteiger partial charge in [-0.2, -0.15) is 0 Å². The van der Waals surface area contributed by atoms with Crippen molar-refractivity contribution in [2.45, 2.75) is 32.5 Å². The Bertz CT molecular complexity index is 1160. The maximum Gasteiger partial charge on any atom is 0.231 e. The summed E-state index contributed by atoms with van der Waals surface area (Å²) in [4.78, 5) is 21.6. The molecule has 2 aromatic carbocycles. The van der Waals surface area contributed by atoms with Crippen molar-refractivity contribution in [2.24, 2.45) is 0 Å². The number of rotatable bonds is 10. The van der Waals surface area contributed by atoms with Gasteiger partial charge in [-0.15, -0.1) is 0 Å². The number of benzene rings is 2. The Morgan fingerprint density at radius 1 is 0.946 bits per heavy atom. The fourth-order valence-electron chi connectivity index (χ4n) is 4.62. The van der Waals surface area contributed by atoms with Gasteiger partial charge in [0.05, 0.1) is 13.0 Å². The van der Waals surface area contributed by atoms with Crippen LogP contribution in [0.2, 0.25) is 0 Å². The van der Waals surface area contributed by atoms with Crippen LogP contribution in [0.5, 0.6) is 17.2 Å².